The largest absolute Gasteiger partial charge is 0.496 e. The van der Waals surface area contributed by atoms with Gasteiger partial charge in [0.1, 0.15) is 11.5 Å². The second-order valence-corrected chi connectivity index (χ2v) is 4.95. The zero-order chi connectivity index (χ0) is 14.5. The van der Waals surface area contributed by atoms with Crippen LogP contribution < -0.4 is 14.8 Å². The van der Waals surface area contributed by atoms with Gasteiger partial charge < -0.3 is 14.8 Å². The van der Waals surface area contributed by atoms with E-state index in [0.717, 1.165) is 42.3 Å². The van der Waals surface area contributed by atoms with E-state index in [4.69, 9.17) is 9.47 Å². The van der Waals surface area contributed by atoms with Crippen LogP contribution in [-0.4, -0.2) is 38.4 Å². The first-order chi connectivity index (χ1) is 9.71. The lowest BCUT2D eigenvalue weighted by Gasteiger charge is -2.26. The molecular weight excluding hydrogens is 252 g/mol. The Morgan fingerprint density at radius 3 is 2.55 bits per heavy atom. The molecule has 4 heteroatoms. The third-order valence-corrected chi connectivity index (χ3v) is 3.84. The molecule has 20 heavy (non-hydrogen) atoms. The Kier molecular flexibility index (Phi) is 4.90. The molecule has 1 aliphatic rings. The summed E-state index contributed by atoms with van der Waals surface area (Å²) in [5.41, 5.74) is 1.75. The van der Waals surface area contributed by atoms with Gasteiger partial charge in [-0.15, -0.1) is 0 Å². The molecule has 0 saturated carbocycles. The van der Waals surface area contributed by atoms with Gasteiger partial charge in [-0.2, -0.15) is 0 Å². The van der Waals surface area contributed by atoms with Gasteiger partial charge in [0, 0.05) is 12.2 Å². The lowest BCUT2D eigenvalue weighted by molar-refractivity contribution is 0.249. The molecule has 1 fully saturated rings. The van der Waals surface area contributed by atoms with E-state index in [1.165, 1.54) is 6.42 Å². The van der Waals surface area contributed by atoms with Gasteiger partial charge in [-0.3, -0.25) is 4.90 Å². The summed E-state index contributed by atoms with van der Waals surface area (Å²) in [5.74, 6) is 1.56. The van der Waals surface area contributed by atoms with E-state index in [-0.39, 0.29) is 0 Å². The van der Waals surface area contributed by atoms with Crippen molar-refractivity contribution in [3.8, 4) is 11.5 Å². The number of benzene rings is 1. The van der Waals surface area contributed by atoms with Gasteiger partial charge in [-0.25, -0.2) is 0 Å². The maximum atomic E-state index is 5.43. The van der Waals surface area contributed by atoms with Gasteiger partial charge in [0.05, 0.1) is 25.9 Å². The van der Waals surface area contributed by atoms with Crippen molar-refractivity contribution in [1.29, 1.82) is 0 Å². The fraction of sp³-hybridized carbons (Fsp3) is 0.500. The second-order valence-electron chi connectivity index (χ2n) is 4.95. The van der Waals surface area contributed by atoms with Crippen LogP contribution in [0.1, 0.15) is 25.3 Å². The summed E-state index contributed by atoms with van der Waals surface area (Å²) >= 11 is 0. The first kappa shape index (κ1) is 14.7. The average molecular weight is 276 g/mol. The molecule has 1 unspecified atom stereocenters. The van der Waals surface area contributed by atoms with Gasteiger partial charge in [-0.05, 0) is 31.5 Å². The summed E-state index contributed by atoms with van der Waals surface area (Å²) in [4.78, 5) is 2.42. The van der Waals surface area contributed by atoms with Crippen LogP contribution in [0.5, 0.6) is 11.5 Å². The first-order valence-corrected chi connectivity index (χ1v) is 7.12. The Labute approximate surface area is 121 Å². The Morgan fingerprint density at radius 1 is 1.35 bits per heavy atom. The molecule has 0 spiro atoms. The number of rotatable bonds is 6. The molecule has 0 aromatic heterocycles. The Bertz CT molecular complexity index is 451. The highest BCUT2D eigenvalue weighted by molar-refractivity contribution is 5.73. The Morgan fingerprint density at radius 2 is 2.00 bits per heavy atom. The molecule has 1 N–H and O–H groups in total. The van der Waals surface area contributed by atoms with E-state index in [1.807, 2.05) is 18.2 Å². The van der Waals surface area contributed by atoms with E-state index in [2.05, 4.69) is 23.7 Å². The van der Waals surface area contributed by atoms with Crippen LogP contribution >= 0.6 is 0 Å². The second kappa shape index (κ2) is 6.66. The molecular formula is C16H24N2O2. The van der Waals surface area contributed by atoms with Crippen LogP contribution in [0.15, 0.2) is 24.8 Å². The Hall–Kier alpha value is -1.68. The summed E-state index contributed by atoms with van der Waals surface area (Å²) in [6.07, 6.45) is 2.72. The van der Waals surface area contributed by atoms with E-state index < -0.39 is 0 Å². The van der Waals surface area contributed by atoms with Crippen molar-refractivity contribution in [2.24, 2.45) is 0 Å². The molecule has 1 aliphatic heterocycles. The van der Waals surface area contributed by atoms with Crippen LogP contribution in [0.2, 0.25) is 0 Å². The number of likely N-dealkylation sites (tertiary alicyclic amines) is 1. The standard InChI is InChI=1S/C16H24N2O2/c1-5-18-11-7-10-15(18)17-12(2)16-13(19-3)8-6-9-14(16)20-4/h6,8-9,15,17H,2,5,7,10-11H2,1,3-4H3. The lowest BCUT2D eigenvalue weighted by atomic mass is 10.1. The van der Waals surface area contributed by atoms with Crippen LogP contribution in [-0.2, 0) is 0 Å². The van der Waals surface area contributed by atoms with Gasteiger partial charge in [0.25, 0.3) is 0 Å². The van der Waals surface area contributed by atoms with E-state index >= 15 is 0 Å². The molecule has 4 nitrogen and oxygen atoms in total. The van der Waals surface area contributed by atoms with Crippen molar-refractivity contribution < 1.29 is 9.47 Å². The highest BCUT2D eigenvalue weighted by Crippen LogP contribution is 2.33. The van der Waals surface area contributed by atoms with Crippen molar-refractivity contribution in [3.63, 3.8) is 0 Å². The third-order valence-electron chi connectivity index (χ3n) is 3.84. The normalized spacial score (nSPS) is 18.9. The van der Waals surface area contributed by atoms with Crippen molar-refractivity contribution >= 4 is 5.70 Å². The van der Waals surface area contributed by atoms with E-state index in [9.17, 15) is 0 Å². The van der Waals surface area contributed by atoms with Crippen molar-refractivity contribution in [1.82, 2.24) is 10.2 Å². The molecule has 1 heterocycles. The van der Waals surface area contributed by atoms with Crippen molar-refractivity contribution in [2.45, 2.75) is 25.9 Å². The minimum atomic E-state index is 0.349. The van der Waals surface area contributed by atoms with Crippen molar-refractivity contribution in [3.05, 3.63) is 30.3 Å². The molecule has 0 bridgehead atoms. The number of ether oxygens (including phenoxy) is 2. The quantitative estimate of drug-likeness (QED) is 0.866. The van der Waals surface area contributed by atoms with Crippen molar-refractivity contribution in [2.75, 3.05) is 27.3 Å². The van der Waals surface area contributed by atoms with Crippen LogP contribution in [0.3, 0.4) is 0 Å². The highest BCUT2D eigenvalue weighted by atomic mass is 16.5. The van der Waals surface area contributed by atoms with Crippen LogP contribution in [0.4, 0.5) is 0 Å². The summed E-state index contributed by atoms with van der Waals surface area (Å²) < 4.78 is 10.9. The van der Waals surface area contributed by atoms with E-state index in [1.54, 1.807) is 14.2 Å². The molecule has 110 valence electrons. The maximum absolute atomic E-state index is 5.43. The smallest absolute Gasteiger partial charge is 0.131 e. The molecule has 0 amide bonds. The zero-order valence-corrected chi connectivity index (χ0v) is 12.6. The van der Waals surface area contributed by atoms with Gasteiger partial charge in [0.2, 0.25) is 0 Å². The van der Waals surface area contributed by atoms with E-state index in [0.29, 0.717) is 6.17 Å². The first-order valence-electron chi connectivity index (χ1n) is 7.12. The van der Waals surface area contributed by atoms with Crippen LogP contribution in [0.25, 0.3) is 5.70 Å². The minimum Gasteiger partial charge on any atom is -0.496 e. The molecule has 1 aromatic carbocycles. The Balaban J connectivity index is 2.20. The molecule has 1 atom stereocenters. The minimum absolute atomic E-state index is 0.349. The molecule has 2 rings (SSSR count). The van der Waals surface area contributed by atoms with Gasteiger partial charge in [-0.1, -0.05) is 19.6 Å². The third kappa shape index (κ3) is 2.90. The zero-order valence-electron chi connectivity index (χ0n) is 12.6. The molecule has 1 aromatic rings. The summed E-state index contributed by atoms with van der Waals surface area (Å²) in [5, 5.41) is 3.52. The number of nitrogens with one attached hydrogen (secondary N) is 1. The lowest BCUT2D eigenvalue weighted by Crippen LogP contribution is -2.39. The molecule has 1 saturated heterocycles. The predicted octanol–water partition coefficient (Wildman–Crippen LogP) is 2.71. The molecule has 0 aliphatic carbocycles. The highest BCUT2D eigenvalue weighted by Gasteiger charge is 2.24. The number of hydrogen-bond donors (Lipinski definition) is 1. The number of methoxy groups -OCH3 is 2. The summed E-state index contributed by atoms with van der Waals surface area (Å²) in [6.45, 7) is 8.56. The predicted molar refractivity (Wildman–Crippen MR) is 82.0 cm³/mol. The van der Waals surface area contributed by atoms with Crippen LogP contribution in [0, 0.1) is 0 Å². The fourth-order valence-corrected chi connectivity index (χ4v) is 2.79. The van der Waals surface area contributed by atoms with Gasteiger partial charge >= 0.3 is 0 Å². The monoisotopic (exact) mass is 276 g/mol. The summed E-state index contributed by atoms with van der Waals surface area (Å²) in [7, 11) is 3.33. The topological polar surface area (TPSA) is 33.7 Å². The number of hydrogen-bond acceptors (Lipinski definition) is 4. The van der Waals surface area contributed by atoms with Gasteiger partial charge in [0.15, 0.2) is 0 Å². The maximum Gasteiger partial charge on any atom is 0.131 e. The summed E-state index contributed by atoms with van der Waals surface area (Å²) in [6, 6.07) is 5.77. The molecule has 0 radical (unpaired) electrons. The SMILES string of the molecule is C=C(NC1CCCN1CC)c1c(OC)cccc1OC. The number of nitrogens with zero attached hydrogens (tertiary/aromatic N) is 1. The fourth-order valence-electron chi connectivity index (χ4n) is 2.79. The average Bonchev–Trinajstić information content (AvgIpc) is 2.93.